The summed E-state index contributed by atoms with van der Waals surface area (Å²) in [7, 11) is 0. The van der Waals surface area contributed by atoms with Gasteiger partial charge in [0.25, 0.3) is 0 Å². The van der Waals surface area contributed by atoms with Gasteiger partial charge in [0, 0.05) is 24.3 Å². The molecule has 1 N–H and O–H groups in total. The standard InChI is InChI=1S/C17H33N3/c1-9-20-15(10-14(4)19-20)11-17(8,13(2)3)12-18-16(5,6)7/h10,13,18H,9,11-12H2,1-8H3. The van der Waals surface area contributed by atoms with E-state index < -0.39 is 0 Å². The molecule has 0 aliphatic carbocycles. The lowest BCUT2D eigenvalue weighted by Gasteiger charge is -2.37. The Morgan fingerprint density at radius 3 is 2.30 bits per heavy atom. The Balaban J connectivity index is 2.90. The molecule has 1 atom stereocenters. The number of hydrogen-bond acceptors (Lipinski definition) is 2. The number of hydrogen-bond donors (Lipinski definition) is 1. The highest BCUT2D eigenvalue weighted by Crippen LogP contribution is 2.31. The third-order valence-corrected chi connectivity index (χ3v) is 4.29. The molecule has 0 saturated heterocycles. The maximum atomic E-state index is 4.58. The molecule has 20 heavy (non-hydrogen) atoms. The van der Waals surface area contributed by atoms with Crippen molar-refractivity contribution >= 4 is 0 Å². The molecule has 0 amide bonds. The van der Waals surface area contributed by atoms with Gasteiger partial charge in [-0.25, -0.2) is 0 Å². The average molecular weight is 279 g/mol. The lowest BCUT2D eigenvalue weighted by molar-refractivity contribution is 0.184. The van der Waals surface area contributed by atoms with Gasteiger partial charge in [0.1, 0.15) is 0 Å². The summed E-state index contributed by atoms with van der Waals surface area (Å²) < 4.78 is 2.15. The van der Waals surface area contributed by atoms with Gasteiger partial charge in [-0.1, -0.05) is 20.8 Å². The first-order valence-electron chi connectivity index (χ1n) is 7.86. The molecule has 3 nitrogen and oxygen atoms in total. The molecule has 116 valence electrons. The van der Waals surface area contributed by atoms with Gasteiger partial charge in [0.2, 0.25) is 0 Å². The number of rotatable bonds is 6. The first-order chi connectivity index (χ1) is 9.07. The zero-order chi connectivity index (χ0) is 15.6. The summed E-state index contributed by atoms with van der Waals surface area (Å²) in [6.07, 6.45) is 1.07. The van der Waals surface area contributed by atoms with E-state index in [4.69, 9.17) is 0 Å². The molecule has 1 aromatic heterocycles. The lowest BCUT2D eigenvalue weighted by atomic mass is 9.75. The van der Waals surface area contributed by atoms with Crippen molar-refractivity contribution in [3.8, 4) is 0 Å². The third kappa shape index (κ3) is 4.62. The van der Waals surface area contributed by atoms with Crippen molar-refractivity contribution in [3.05, 3.63) is 17.5 Å². The zero-order valence-electron chi connectivity index (χ0n) is 14.7. The second-order valence-corrected chi connectivity index (χ2v) is 7.68. The van der Waals surface area contributed by atoms with Crippen molar-refractivity contribution in [1.82, 2.24) is 15.1 Å². The van der Waals surface area contributed by atoms with Crippen LogP contribution in [0.5, 0.6) is 0 Å². The summed E-state index contributed by atoms with van der Waals surface area (Å²) in [4.78, 5) is 0. The van der Waals surface area contributed by atoms with Crippen LogP contribution in [0.15, 0.2) is 6.07 Å². The minimum absolute atomic E-state index is 0.164. The van der Waals surface area contributed by atoms with E-state index in [9.17, 15) is 0 Å². The Morgan fingerprint density at radius 1 is 1.25 bits per heavy atom. The molecule has 0 fully saturated rings. The average Bonchev–Trinajstić information content (AvgIpc) is 2.65. The maximum absolute atomic E-state index is 4.58. The van der Waals surface area contributed by atoms with Crippen LogP contribution in [0.2, 0.25) is 0 Å². The molecule has 0 bridgehead atoms. The molecule has 0 aliphatic rings. The quantitative estimate of drug-likeness (QED) is 0.858. The summed E-state index contributed by atoms with van der Waals surface area (Å²) in [5.74, 6) is 0.623. The topological polar surface area (TPSA) is 29.9 Å². The van der Waals surface area contributed by atoms with Gasteiger partial charge in [-0.3, -0.25) is 4.68 Å². The molecule has 0 aromatic carbocycles. The summed E-state index contributed by atoms with van der Waals surface area (Å²) in [5.41, 5.74) is 2.89. The van der Waals surface area contributed by atoms with Gasteiger partial charge < -0.3 is 5.32 Å². The highest BCUT2D eigenvalue weighted by molar-refractivity contribution is 5.11. The smallest absolute Gasteiger partial charge is 0.0596 e. The molecule has 0 spiro atoms. The van der Waals surface area contributed by atoms with Gasteiger partial charge in [-0.05, 0) is 58.4 Å². The summed E-state index contributed by atoms with van der Waals surface area (Å²) >= 11 is 0. The van der Waals surface area contributed by atoms with Crippen molar-refractivity contribution < 1.29 is 0 Å². The van der Waals surface area contributed by atoms with E-state index >= 15 is 0 Å². The molecule has 0 saturated carbocycles. The highest BCUT2D eigenvalue weighted by Gasteiger charge is 2.31. The van der Waals surface area contributed by atoms with Gasteiger partial charge in [0.05, 0.1) is 5.69 Å². The van der Waals surface area contributed by atoms with Crippen molar-refractivity contribution in [2.45, 2.75) is 73.9 Å². The number of aryl methyl sites for hydroxylation is 2. The molecular formula is C17H33N3. The Kier molecular flexibility index (Phi) is 5.42. The minimum atomic E-state index is 0.164. The SMILES string of the molecule is CCn1nc(C)cc1CC(C)(CNC(C)(C)C)C(C)C. The largest absolute Gasteiger partial charge is 0.312 e. The van der Waals surface area contributed by atoms with Crippen molar-refractivity contribution in [2.75, 3.05) is 6.54 Å². The van der Waals surface area contributed by atoms with Crippen LogP contribution in [0.3, 0.4) is 0 Å². The van der Waals surface area contributed by atoms with Crippen molar-refractivity contribution in [3.63, 3.8) is 0 Å². The first-order valence-corrected chi connectivity index (χ1v) is 7.86. The van der Waals surface area contributed by atoms with Crippen LogP contribution >= 0.6 is 0 Å². The number of nitrogens with zero attached hydrogens (tertiary/aromatic N) is 2. The zero-order valence-corrected chi connectivity index (χ0v) is 14.7. The maximum Gasteiger partial charge on any atom is 0.0596 e. The van der Waals surface area contributed by atoms with E-state index in [-0.39, 0.29) is 11.0 Å². The molecule has 1 aromatic rings. The van der Waals surface area contributed by atoms with E-state index in [1.165, 1.54) is 5.69 Å². The Bertz CT molecular complexity index is 426. The predicted molar refractivity (Wildman–Crippen MR) is 87.0 cm³/mol. The van der Waals surface area contributed by atoms with Gasteiger partial charge in [0.15, 0.2) is 0 Å². The number of aromatic nitrogens is 2. The fourth-order valence-electron chi connectivity index (χ4n) is 2.37. The van der Waals surface area contributed by atoms with Crippen LogP contribution in [0.25, 0.3) is 0 Å². The summed E-state index contributed by atoms with van der Waals surface area (Å²) in [5, 5.41) is 8.26. The Hall–Kier alpha value is -0.830. The molecule has 1 heterocycles. The van der Waals surface area contributed by atoms with E-state index in [1.54, 1.807) is 0 Å². The van der Waals surface area contributed by atoms with E-state index in [1.807, 2.05) is 0 Å². The van der Waals surface area contributed by atoms with Crippen molar-refractivity contribution in [1.29, 1.82) is 0 Å². The van der Waals surface area contributed by atoms with Gasteiger partial charge in [-0.15, -0.1) is 0 Å². The molecule has 0 radical (unpaired) electrons. The van der Waals surface area contributed by atoms with Crippen LogP contribution in [0, 0.1) is 18.3 Å². The van der Waals surface area contributed by atoms with Crippen LogP contribution in [-0.4, -0.2) is 21.9 Å². The fourth-order valence-corrected chi connectivity index (χ4v) is 2.37. The van der Waals surface area contributed by atoms with Gasteiger partial charge >= 0.3 is 0 Å². The lowest BCUT2D eigenvalue weighted by Crippen LogP contribution is -2.46. The Morgan fingerprint density at radius 2 is 1.85 bits per heavy atom. The third-order valence-electron chi connectivity index (χ3n) is 4.29. The summed E-state index contributed by atoms with van der Waals surface area (Å²) in [6.45, 7) is 19.9. The second-order valence-electron chi connectivity index (χ2n) is 7.68. The normalized spacial score (nSPS) is 15.7. The van der Waals surface area contributed by atoms with Crippen LogP contribution in [0.4, 0.5) is 0 Å². The highest BCUT2D eigenvalue weighted by atomic mass is 15.3. The molecule has 3 heteroatoms. The van der Waals surface area contributed by atoms with Crippen LogP contribution in [-0.2, 0) is 13.0 Å². The molecular weight excluding hydrogens is 246 g/mol. The van der Waals surface area contributed by atoms with E-state index in [0.717, 1.165) is 25.2 Å². The molecule has 1 rings (SSSR count). The monoisotopic (exact) mass is 279 g/mol. The second kappa shape index (κ2) is 6.30. The van der Waals surface area contributed by atoms with Gasteiger partial charge in [-0.2, -0.15) is 5.10 Å². The van der Waals surface area contributed by atoms with Crippen molar-refractivity contribution in [2.24, 2.45) is 11.3 Å². The predicted octanol–water partition coefficient (Wildman–Crippen LogP) is 3.80. The summed E-state index contributed by atoms with van der Waals surface area (Å²) in [6, 6.07) is 2.24. The molecule has 0 aliphatic heterocycles. The number of nitrogens with one attached hydrogen (secondary N) is 1. The Labute approximate surface area is 125 Å². The minimum Gasteiger partial charge on any atom is -0.312 e. The van der Waals surface area contributed by atoms with E-state index in [0.29, 0.717) is 5.92 Å². The fraction of sp³-hybridized carbons (Fsp3) is 0.824. The van der Waals surface area contributed by atoms with E-state index in [2.05, 4.69) is 76.6 Å². The molecule has 1 unspecified atom stereocenters. The van der Waals surface area contributed by atoms with Crippen LogP contribution < -0.4 is 5.32 Å². The first kappa shape index (κ1) is 17.2. The van der Waals surface area contributed by atoms with Crippen LogP contribution in [0.1, 0.15) is 59.9 Å².